The summed E-state index contributed by atoms with van der Waals surface area (Å²) in [5.74, 6) is 0.0738. The minimum atomic E-state index is -0.186. The molecule has 92 valence electrons. The van der Waals surface area contributed by atoms with Crippen LogP contribution in [-0.2, 0) is 9.59 Å². The molecule has 0 bridgehead atoms. The predicted octanol–water partition coefficient (Wildman–Crippen LogP) is -0.244. The average Bonchev–Trinajstić information content (AvgIpc) is 2.27. The normalized spacial score (nSPS) is 24.9. The highest BCUT2D eigenvalue weighted by Gasteiger charge is 2.24. The molecule has 1 aliphatic carbocycles. The fraction of sp³-hybridized carbons (Fsp3) is 0.818. The molecular weight excluding hydrogens is 206 g/mol. The Hall–Kier alpha value is -1.10. The van der Waals surface area contributed by atoms with Crippen LogP contribution in [0.3, 0.4) is 0 Å². The number of amides is 2. The maximum Gasteiger partial charge on any atom is 0.239 e. The Balaban J connectivity index is 2.33. The van der Waals surface area contributed by atoms with Crippen molar-refractivity contribution in [1.82, 2.24) is 10.6 Å². The molecule has 2 amide bonds. The number of carbonyl (C=O) groups is 2. The summed E-state index contributed by atoms with van der Waals surface area (Å²) in [6.45, 7) is 2.07. The maximum atomic E-state index is 11.5. The van der Waals surface area contributed by atoms with E-state index in [9.17, 15) is 9.59 Å². The van der Waals surface area contributed by atoms with Crippen molar-refractivity contribution in [1.29, 1.82) is 0 Å². The molecule has 0 spiro atoms. The van der Waals surface area contributed by atoms with E-state index in [1.54, 1.807) is 0 Å². The van der Waals surface area contributed by atoms with Crippen molar-refractivity contribution in [2.75, 3.05) is 13.1 Å². The summed E-state index contributed by atoms with van der Waals surface area (Å²) >= 11 is 0. The minimum Gasteiger partial charge on any atom is -0.352 e. The smallest absolute Gasteiger partial charge is 0.239 e. The zero-order valence-electron chi connectivity index (χ0n) is 9.79. The number of nitrogens with two attached hydrogens (primary N) is 1. The summed E-state index contributed by atoms with van der Waals surface area (Å²) in [6.07, 6.45) is 4.41. The van der Waals surface area contributed by atoms with Gasteiger partial charge in [-0.3, -0.25) is 9.59 Å². The van der Waals surface area contributed by atoms with Crippen molar-refractivity contribution < 1.29 is 9.59 Å². The van der Waals surface area contributed by atoms with Gasteiger partial charge in [0.15, 0.2) is 0 Å². The van der Waals surface area contributed by atoms with Crippen LogP contribution < -0.4 is 16.4 Å². The number of rotatable bonds is 4. The van der Waals surface area contributed by atoms with Crippen LogP contribution in [0, 0.1) is 5.92 Å². The monoisotopic (exact) mass is 227 g/mol. The van der Waals surface area contributed by atoms with E-state index in [1.165, 1.54) is 13.3 Å². The Bertz CT molecular complexity index is 256. The van der Waals surface area contributed by atoms with Crippen LogP contribution in [0.5, 0.6) is 0 Å². The highest BCUT2D eigenvalue weighted by molar-refractivity contribution is 5.83. The van der Waals surface area contributed by atoms with Crippen LogP contribution in [0.2, 0.25) is 0 Å². The van der Waals surface area contributed by atoms with E-state index in [0.717, 1.165) is 19.3 Å². The van der Waals surface area contributed by atoms with Gasteiger partial charge in [0.1, 0.15) is 0 Å². The summed E-state index contributed by atoms with van der Waals surface area (Å²) in [4.78, 5) is 22.2. The quantitative estimate of drug-likeness (QED) is 0.619. The molecule has 5 heteroatoms. The summed E-state index contributed by atoms with van der Waals surface area (Å²) < 4.78 is 0. The first-order chi connectivity index (χ1) is 7.63. The molecule has 0 aromatic rings. The van der Waals surface area contributed by atoms with Gasteiger partial charge in [0.25, 0.3) is 0 Å². The van der Waals surface area contributed by atoms with Crippen molar-refractivity contribution in [3.8, 4) is 0 Å². The lowest BCUT2D eigenvalue weighted by molar-refractivity contribution is -0.125. The third kappa shape index (κ3) is 4.18. The van der Waals surface area contributed by atoms with Crippen molar-refractivity contribution in [3.05, 3.63) is 0 Å². The first kappa shape index (κ1) is 13.0. The van der Waals surface area contributed by atoms with Crippen molar-refractivity contribution in [2.45, 2.75) is 38.6 Å². The lowest BCUT2D eigenvalue weighted by Gasteiger charge is -2.31. The van der Waals surface area contributed by atoms with E-state index in [2.05, 4.69) is 10.6 Å². The molecule has 1 rings (SSSR count). The van der Waals surface area contributed by atoms with Crippen molar-refractivity contribution in [3.63, 3.8) is 0 Å². The molecule has 16 heavy (non-hydrogen) atoms. The van der Waals surface area contributed by atoms with Gasteiger partial charge in [-0.25, -0.2) is 0 Å². The van der Waals surface area contributed by atoms with E-state index in [1.807, 2.05) is 0 Å². The number of nitrogens with one attached hydrogen (secondary N) is 2. The SMILES string of the molecule is CC(=O)NCC(=O)NC1CCCCC1CN. The zero-order chi connectivity index (χ0) is 12.0. The Morgan fingerprint density at radius 1 is 1.31 bits per heavy atom. The van der Waals surface area contributed by atoms with Gasteiger partial charge in [0, 0.05) is 13.0 Å². The second-order valence-corrected chi connectivity index (χ2v) is 4.36. The van der Waals surface area contributed by atoms with Gasteiger partial charge >= 0.3 is 0 Å². The average molecular weight is 227 g/mol. The minimum absolute atomic E-state index is 0.0587. The van der Waals surface area contributed by atoms with Gasteiger partial charge in [-0.2, -0.15) is 0 Å². The topological polar surface area (TPSA) is 84.2 Å². The van der Waals surface area contributed by atoms with E-state index in [-0.39, 0.29) is 24.4 Å². The van der Waals surface area contributed by atoms with E-state index in [0.29, 0.717) is 12.5 Å². The Labute approximate surface area is 96.1 Å². The van der Waals surface area contributed by atoms with Crippen molar-refractivity contribution in [2.24, 2.45) is 11.7 Å². The van der Waals surface area contributed by atoms with Gasteiger partial charge in [-0.15, -0.1) is 0 Å². The number of hydrogen-bond acceptors (Lipinski definition) is 3. The van der Waals surface area contributed by atoms with E-state index < -0.39 is 0 Å². The molecule has 2 atom stereocenters. The lowest BCUT2D eigenvalue weighted by atomic mass is 9.84. The largest absolute Gasteiger partial charge is 0.352 e. The maximum absolute atomic E-state index is 11.5. The molecule has 4 N–H and O–H groups in total. The predicted molar refractivity (Wildman–Crippen MR) is 61.6 cm³/mol. The van der Waals surface area contributed by atoms with E-state index in [4.69, 9.17) is 5.73 Å². The molecule has 1 aliphatic rings. The highest BCUT2D eigenvalue weighted by atomic mass is 16.2. The molecule has 1 fully saturated rings. The Morgan fingerprint density at radius 2 is 2.00 bits per heavy atom. The fourth-order valence-electron chi connectivity index (χ4n) is 2.14. The molecule has 2 unspecified atom stereocenters. The van der Waals surface area contributed by atoms with Crippen LogP contribution in [0.25, 0.3) is 0 Å². The molecule has 0 aromatic carbocycles. The Morgan fingerprint density at radius 3 is 2.62 bits per heavy atom. The van der Waals surface area contributed by atoms with Gasteiger partial charge in [0.2, 0.25) is 11.8 Å². The lowest BCUT2D eigenvalue weighted by Crippen LogP contribution is -2.47. The second kappa shape index (κ2) is 6.48. The van der Waals surface area contributed by atoms with Crippen molar-refractivity contribution >= 4 is 11.8 Å². The van der Waals surface area contributed by atoms with Gasteiger partial charge in [0.05, 0.1) is 6.54 Å². The van der Waals surface area contributed by atoms with Crippen LogP contribution in [0.15, 0.2) is 0 Å². The number of carbonyl (C=O) groups excluding carboxylic acids is 2. The molecule has 0 heterocycles. The Kier molecular flexibility index (Phi) is 5.25. The molecule has 5 nitrogen and oxygen atoms in total. The summed E-state index contributed by atoms with van der Waals surface area (Å²) in [5, 5.41) is 5.43. The zero-order valence-corrected chi connectivity index (χ0v) is 9.79. The molecular formula is C11H21N3O2. The first-order valence-corrected chi connectivity index (χ1v) is 5.87. The number of hydrogen-bond donors (Lipinski definition) is 3. The van der Waals surface area contributed by atoms with Gasteiger partial charge < -0.3 is 16.4 Å². The molecule has 1 saturated carbocycles. The van der Waals surface area contributed by atoms with Crippen LogP contribution in [-0.4, -0.2) is 30.9 Å². The molecule has 0 aliphatic heterocycles. The summed E-state index contributed by atoms with van der Waals surface area (Å²) in [6, 6.07) is 0.181. The third-order valence-electron chi connectivity index (χ3n) is 3.06. The van der Waals surface area contributed by atoms with Crippen LogP contribution in [0.1, 0.15) is 32.6 Å². The highest BCUT2D eigenvalue weighted by Crippen LogP contribution is 2.23. The molecule has 0 radical (unpaired) electrons. The first-order valence-electron chi connectivity index (χ1n) is 5.87. The standard InChI is InChI=1S/C11H21N3O2/c1-8(15)13-7-11(16)14-10-5-3-2-4-9(10)6-12/h9-10H,2-7,12H2,1H3,(H,13,15)(H,14,16). The van der Waals surface area contributed by atoms with Gasteiger partial charge in [-0.1, -0.05) is 12.8 Å². The van der Waals surface area contributed by atoms with Crippen LogP contribution >= 0.6 is 0 Å². The summed E-state index contributed by atoms with van der Waals surface area (Å²) in [5.41, 5.74) is 5.67. The summed E-state index contributed by atoms with van der Waals surface area (Å²) in [7, 11) is 0. The molecule has 0 aromatic heterocycles. The van der Waals surface area contributed by atoms with E-state index >= 15 is 0 Å². The van der Waals surface area contributed by atoms with Gasteiger partial charge in [-0.05, 0) is 25.3 Å². The fourth-order valence-corrected chi connectivity index (χ4v) is 2.14. The van der Waals surface area contributed by atoms with Crippen LogP contribution in [0.4, 0.5) is 0 Å². The third-order valence-corrected chi connectivity index (χ3v) is 3.06. The molecule has 0 saturated heterocycles. The second-order valence-electron chi connectivity index (χ2n) is 4.36.